The molecule has 1 aromatic rings. The van der Waals surface area contributed by atoms with Crippen LogP contribution in [0.4, 0.5) is 5.13 Å². The predicted octanol–water partition coefficient (Wildman–Crippen LogP) is 0.895. The molecule has 1 aliphatic rings. The third kappa shape index (κ3) is 3.49. The predicted molar refractivity (Wildman–Crippen MR) is 69.2 cm³/mol. The van der Waals surface area contributed by atoms with Crippen LogP contribution in [0.2, 0.25) is 0 Å². The van der Waals surface area contributed by atoms with Crippen molar-refractivity contribution in [1.82, 2.24) is 15.2 Å². The maximum atomic E-state index is 10.9. The monoisotopic (exact) mass is 254 g/mol. The number of hydrogen-bond acceptors (Lipinski definition) is 5. The second-order valence-electron chi connectivity index (χ2n) is 4.33. The summed E-state index contributed by atoms with van der Waals surface area (Å²) >= 11 is 1.48. The Labute approximate surface area is 105 Å². The number of rotatable bonds is 4. The summed E-state index contributed by atoms with van der Waals surface area (Å²) in [6.07, 6.45) is 1.19. The minimum atomic E-state index is -0.0673. The number of nitrogens with zero attached hydrogens (tertiary/aromatic N) is 2. The van der Waals surface area contributed by atoms with Gasteiger partial charge in [-0.3, -0.25) is 9.69 Å². The topological polar surface area (TPSA) is 57.3 Å². The highest BCUT2D eigenvalue weighted by atomic mass is 32.1. The van der Waals surface area contributed by atoms with Crippen molar-refractivity contribution in [3.63, 3.8) is 0 Å². The Bertz CT molecular complexity index is 393. The van der Waals surface area contributed by atoms with Gasteiger partial charge < -0.3 is 10.6 Å². The Morgan fingerprint density at radius 1 is 1.71 bits per heavy atom. The van der Waals surface area contributed by atoms with Gasteiger partial charge in [0, 0.05) is 38.0 Å². The number of anilines is 1. The van der Waals surface area contributed by atoms with E-state index in [9.17, 15) is 4.79 Å². The standard InChI is InChI=1S/C11H18N4OS/c1-8(16)13-11-14-10(7-17-11)6-15-4-3-9(5-15)12-2/h7,9,12H,3-6H2,1-2H3,(H,13,14,16). The summed E-state index contributed by atoms with van der Waals surface area (Å²) in [7, 11) is 2.01. The van der Waals surface area contributed by atoms with Crippen molar-refractivity contribution in [2.75, 3.05) is 25.5 Å². The number of amides is 1. The van der Waals surface area contributed by atoms with E-state index in [-0.39, 0.29) is 5.91 Å². The number of likely N-dealkylation sites (N-methyl/N-ethyl adjacent to an activating group) is 1. The molecule has 1 unspecified atom stereocenters. The maximum absolute atomic E-state index is 10.9. The molecule has 0 radical (unpaired) electrons. The van der Waals surface area contributed by atoms with Crippen molar-refractivity contribution in [2.45, 2.75) is 25.9 Å². The van der Waals surface area contributed by atoms with E-state index < -0.39 is 0 Å². The van der Waals surface area contributed by atoms with Gasteiger partial charge in [0.15, 0.2) is 5.13 Å². The molecule has 0 aliphatic carbocycles. The zero-order valence-corrected chi connectivity index (χ0v) is 11.0. The lowest BCUT2D eigenvalue weighted by molar-refractivity contribution is -0.114. The zero-order chi connectivity index (χ0) is 12.3. The number of carbonyl (C=O) groups excluding carboxylic acids is 1. The summed E-state index contributed by atoms with van der Waals surface area (Å²) in [5.41, 5.74) is 1.04. The largest absolute Gasteiger partial charge is 0.316 e. The smallest absolute Gasteiger partial charge is 0.223 e. The molecule has 0 aromatic carbocycles. The molecule has 1 saturated heterocycles. The second-order valence-corrected chi connectivity index (χ2v) is 5.19. The fourth-order valence-corrected chi connectivity index (χ4v) is 2.78. The molecule has 17 heavy (non-hydrogen) atoms. The van der Waals surface area contributed by atoms with Crippen LogP contribution in [0.1, 0.15) is 19.0 Å². The van der Waals surface area contributed by atoms with E-state index in [0.717, 1.165) is 25.3 Å². The van der Waals surface area contributed by atoms with E-state index in [1.807, 2.05) is 12.4 Å². The molecule has 1 aromatic heterocycles. The van der Waals surface area contributed by atoms with Gasteiger partial charge in [-0.25, -0.2) is 4.98 Å². The Balaban J connectivity index is 1.87. The molecule has 2 heterocycles. The first-order valence-corrected chi connectivity index (χ1v) is 6.67. The highest BCUT2D eigenvalue weighted by Crippen LogP contribution is 2.18. The highest BCUT2D eigenvalue weighted by Gasteiger charge is 2.21. The van der Waals surface area contributed by atoms with Crippen molar-refractivity contribution in [3.8, 4) is 0 Å². The molecule has 0 spiro atoms. The van der Waals surface area contributed by atoms with E-state index >= 15 is 0 Å². The van der Waals surface area contributed by atoms with Crippen molar-refractivity contribution in [1.29, 1.82) is 0 Å². The SMILES string of the molecule is CNC1CCN(Cc2csc(NC(C)=O)n2)C1. The van der Waals surface area contributed by atoms with Gasteiger partial charge in [-0.05, 0) is 13.5 Å². The van der Waals surface area contributed by atoms with Gasteiger partial charge in [0.2, 0.25) is 5.91 Å². The van der Waals surface area contributed by atoms with E-state index in [1.54, 1.807) is 0 Å². The fraction of sp³-hybridized carbons (Fsp3) is 0.636. The van der Waals surface area contributed by atoms with E-state index in [1.165, 1.54) is 24.7 Å². The van der Waals surface area contributed by atoms with Crippen molar-refractivity contribution < 1.29 is 4.79 Å². The van der Waals surface area contributed by atoms with Crippen LogP contribution < -0.4 is 10.6 Å². The van der Waals surface area contributed by atoms with Crippen LogP contribution in [0.25, 0.3) is 0 Å². The lowest BCUT2D eigenvalue weighted by Crippen LogP contribution is -2.29. The number of carbonyl (C=O) groups is 1. The zero-order valence-electron chi connectivity index (χ0n) is 10.2. The van der Waals surface area contributed by atoms with Crippen LogP contribution in [0.5, 0.6) is 0 Å². The number of hydrogen-bond donors (Lipinski definition) is 2. The number of thiazole rings is 1. The Morgan fingerprint density at radius 2 is 2.53 bits per heavy atom. The normalized spacial score (nSPS) is 20.7. The Hall–Kier alpha value is -0.980. The maximum Gasteiger partial charge on any atom is 0.223 e. The summed E-state index contributed by atoms with van der Waals surface area (Å²) < 4.78 is 0. The first kappa shape index (κ1) is 12.5. The fourth-order valence-electron chi connectivity index (χ4n) is 2.03. The number of likely N-dealkylation sites (tertiary alicyclic amines) is 1. The van der Waals surface area contributed by atoms with Gasteiger partial charge in [-0.1, -0.05) is 0 Å². The molecule has 2 N–H and O–H groups in total. The summed E-state index contributed by atoms with van der Waals surface area (Å²) in [5, 5.41) is 8.71. The average molecular weight is 254 g/mol. The van der Waals surface area contributed by atoms with Crippen molar-refractivity contribution >= 4 is 22.4 Å². The lowest BCUT2D eigenvalue weighted by Gasteiger charge is -2.13. The van der Waals surface area contributed by atoms with E-state index in [2.05, 4.69) is 20.5 Å². The molecule has 0 saturated carbocycles. The first-order chi connectivity index (χ1) is 8.17. The Kier molecular flexibility index (Phi) is 4.09. The van der Waals surface area contributed by atoms with Gasteiger partial charge in [-0.2, -0.15) is 0 Å². The Morgan fingerprint density at radius 3 is 3.18 bits per heavy atom. The summed E-state index contributed by atoms with van der Waals surface area (Å²) in [5.74, 6) is -0.0673. The van der Waals surface area contributed by atoms with E-state index in [0.29, 0.717) is 11.2 Å². The van der Waals surface area contributed by atoms with Gasteiger partial charge in [0.05, 0.1) is 5.69 Å². The van der Waals surface area contributed by atoms with Crippen LogP contribution >= 0.6 is 11.3 Å². The summed E-state index contributed by atoms with van der Waals surface area (Å²) in [4.78, 5) is 17.7. The van der Waals surface area contributed by atoms with Gasteiger partial charge >= 0.3 is 0 Å². The first-order valence-electron chi connectivity index (χ1n) is 5.79. The van der Waals surface area contributed by atoms with Crippen molar-refractivity contribution in [3.05, 3.63) is 11.1 Å². The quantitative estimate of drug-likeness (QED) is 0.838. The van der Waals surface area contributed by atoms with Crippen LogP contribution in [-0.4, -0.2) is 42.0 Å². The minimum Gasteiger partial charge on any atom is -0.316 e. The third-order valence-corrected chi connectivity index (χ3v) is 3.71. The molecule has 1 aliphatic heterocycles. The third-order valence-electron chi connectivity index (χ3n) is 2.90. The molecular weight excluding hydrogens is 236 g/mol. The molecule has 6 heteroatoms. The molecule has 1 amide bonds. The van der Waals surface area contributed by atoms with Gasteiger partial charge in [-0.15, -0.1) is 11.3 Å². The average Bonchev–Trinajstić information content (AvgIpc) is 2.88. The summed E-state index contributed by atoms with van der Waals surface area (Å²) in [6, 6.07) is 0.600. The van der Waals surface area contributed by atoms with Crippen LogP contribution in [0.3, 0.4) is 0 Å². The van der Waals surface area contributed by atoms with Gasteiger partial charge in [0.1, 0.15) is 0 Å². The van der Waals surface area contributed by atoms with Gasteiger partial charge in [0.25, 0.3) is 0 Å². The van der Waals surface area contributed by atoms with Crippen LogP contribution in [0, 0.1) is 0 Å². The van der Waals surface area contributed by atoms with Crippen molar-refractivity contribution in [2.24, 2.45) is 0 Å². The van der Waals surface area contributed by atoms with Crippen LogP contribution in [-0.2, 0) is 11.3 Å². The molecule has 5 nitrogen and oxygen atoms in total. The van der Waals surface area contributed by atoms with E-state index in [4.69, 9.17) is 0 Å². The highest BCUT2D eigenvalue weighted by molar-refractivity contribution is 7.13. The minimum absolute atomic E-state index is 0.0673. The number of nitrogens with one attached hydrogen (secondary N) is 2. The molecule has 94 valence electrons. The lowest BCUT2D eigenvalue weighted by atomic mass is 10.3. The molecular formula is C11H18N4OS. The molecule has 1 fully saturated rings. The molecule has 1 atom stereocenters. The second kappa shape index (κ2) is 5.57. The van der Waals surface area contributed by atoms with Crippen LogP contribution in [0.15, 0.2) is 5.38 Å². The molecule has 0 bridgehead atoms. The number of aromatic nitrogens is 1. The summed E-state index contributed by atoms with van der Waals surface area (Å²) in [6.45, 7) is 4.55. The molecule has 2 rings (SSSR count).